The third-order valence-electron chi connectivity index (χ3n) is 1.73. The average molecular weight is 244 g/mol. The minimum Gasteiger partial charge on any atom is -0.507 e. The van der Waals surface area contributed by atoms with Crippen molar-refractivity contribution in [2.24, 2.45) is 0 Å². The van der Waals surface area contributed by atoms with Crippen LogP contribution in [-0.4, -0.2) is 22.2 Å². The maximum atomic E-state index is 11.4. The number of benzene rings is 1. The van der Waals surface area contributed by atoms with E-state index in [0.29, 0.717) is 0 Å². The molecule has 0 bridgehead atoms. The van der Waals surface area contributed by atoms with E-state index in [0.717, 1.165) is 12.1 Å². The number of rotatable bonds is 3. The molecule has 0 aliphatic heterocycles. The van der Waals surface area contributed by atoms with Crippen LogP contribution in [0.3, 0.4) is 0 Å². The van der Waals surface area contributed by atoms with Crippen molar-refractivity contribution in [3.05, 3.63) is 29.3 Å². The van der Waals surface area contributed by atoms with Crippen molar-refractivity contribution in [3.63, 3.8) is 0 Å². The van der Waals surface area contributed by atoms with Crippen LogP contribution in [-0.2, 0) is 16.2 Å². The Hall–Kier alpha value is -2.11. The lowest BCUT2D eigenvalue weighted by molar-refractivity contribution is -0.182. The van der Waals surface area contributed by atoms with Gasteiger partial charge >= 0.3 is 11.9 Å². The van der Waals surface area contributed by atoms with Gasteiger partial charge in [-0.25, -0.2) is 9.59 Å². The zero-order chi connectivity index (χ0) is 13.4. The first-order valence-electron chi connectivity index (χ1n) is 4.91. The fourth-order valence-electron chi connectivity index (χ4n) is 1.06. The molecule has 0 spiro atoms. The number of halogens is 1. The molecule has 0 saturated carbocycles. The van der Waals surface area contributed by atoms with Crippen molar-refractivity contribution < 1.29 is 29.3 Å². The minimum absolute atomic E-state index is 0.264. The van der Waals surface area contributed by atoms with Crippen molar-refractivity contribution in [3.8, 4) is 5.75 Å². The van der Waals surface area contributed by atoms with E-state index in [9.17, 15) is 19.2 Å². The van der Waals surface area contributed by atoms with Gasteiger partial charge in [0.2, 0.25) is 0 Å². The van der Waals surface area contributed by atoms with Gasteiger partial charge in [0.05, 0.1) is 6.42 Å². The highest BCUT2D eigenvalue weighted by Gasteiger charge is 2.12. The number of carbonyl (C=O) groups is 2. The Morgan fingerprint density at radius 1 is 1.35 bits per heavy atom. The van der Waals surface area contributed by atoms with Crippen LogP contribution in [0.1, 0.15) is 29.8 Å². The molecule has 1 rings (SSSR count). The molecule has 0 heterocycles. The molecular weight excluding hydrogens is 231 g/mol. The molecule has 17 heavy (non-hydrogen) atoms. The summed E-state index contributed by atoms with van der Waals surface area (Å²) in [6, 6.07) is 3.49. The normalized spacial score (nSPS) is 8.88. The molecule has 94 valence electrons. The second-order valence-corrected chi connectivity index (χ2v) is 2.78. The molecule has 0 fully saturated rings. The lowest BCUT2D eigenvalue weighted by Gasteiger charge is -2.02. The molecule has 5 nitrogen and oxygen atoms in total. The Morgan fingerprint density at radius 3 is 2.35 bits per heavy atom. The van der Waals surface area contributed by atoms with Crippen LogP contribution < -0.4 is 0 Å². The highest BCUT2D eigenvalue weighted by molar-refractivity contribution is 5.91. The molecule has 1 aromatic carbocycles. The number of hydrogen-bond acceptors (Lipinski definition) is 4. The van der Waals surface area contributed by atoms with Crippen molar-refractivity contribution in [1.82, 2.24) is 0 Å². The van der Waals surface area contributed by atoms with E-state index < -0.39 is 17.7 Å². The van der Waals surface area contributed by atoms with Gasteiger partial charge in [-0.2, -0.15) is 0 Å². The first-order chi connectivity index (χ1) is 8.04. The summed E-state index contributed by atoms with van der Waals surface area (Å²) in [5, 5.41) is 17.8. The summed E-state index contributed by atoms with van der Waals surface area (Å²) in [4.78, 5) is 24.0. The van der Waals surface area contributed by atoms with Crippen molar-refractivity contribution in [2.75, 3.05) is 0 Å². The predicted octanol–water partition coefficient (Wildman–Crippen LogP) is 2.09. The van der Waals surface area contributed by atoms with Crippen LogP contribution in [0.5, 0.6) is 5.75 Å². The molecule has 0 amide bonds. The molecule has 0 aliphatic carbocycles. The number of phenols is 1. The molecule has 0 radical (unpaired) electrons. The Balaban J connectivity index is 0.00000121. The molecule has 0 saturated heterocycles. The number of carbonyl (C=O) groups excluding carboxylic acids is 1. The number of carboxylic acid groups (broad SMARTS) is 1. The average Bonchev–Trinajstić information content (AvgIpc) is 2.31. The lowest BCUT2D eigenvalue weighted by atomic mass is 10.1. The monoisotopic (exact) mass is 244 g/mol. The first kappa shape index (κ1) is 14.9. The summed E-state index contributed by atoms with van der Waals surface area (Å²) in [5.41, 5.74) is -0.0208. The maximum absolute atomic E-state index is 11.4. The Labute approximate surface area is 97.4 Å². The van der Waals surface area contributed by atoms with E-state index in [4.69, 9.17) is 5.11 Å². The number of hydrogen-bond donors (Lipinski definition) is 2. The second-order valence-electron chi connectivity index (χ2n) is 2.78. The van der Waals surface area contributed by atoms with Crippen molar-refractivity contribution in [1.29, 1.82) is 0 Å². The minimum atomic E-state index is -1.29. The zero-order valence-electron chi connectivity index (χ0n) is 9.44. The molecule has 0 aromatic heterocycles. The van der Waals surface area contributed by atoms with E-state index in [-0.39, 0.29) is 17.5 Å². The van der Waals surface area contributed by atoms with E-state index in [1.807, 2.05) is 13.8 Å². The van der Waals surface area contributed by atoms with Crippen LogP contribution in [0.4, 0.5) is 4.53 Å². The lowest BCUT2D eigenvalue weighted by Crippen LogP contribution is -2.03. The van der Waals surface area contributed by atoms with Gasteiger partial charge in [0.1, 0.15) is 11.3 Å². The quantitative estimate of drug-likeness (QED) is 0.850. The third-order valence-corrected chi connectivity index (χ3v) is 1.73. The molecule has 0 atom stereocenters. The number of carboxylic acids is 1. The summed E-state index contributed by atoms with van der Waals surface area (Å²) in [6.45, 7) is 4.00. The van der Waals surface area contributed by atoms with E-state index in [2.05, 4.69) is 4.94 Å². The Morgan fingerprint density at radius 2 is 1.94 bits per heavy atom. The fraction of sp³-hybridized carbons (Fsp3) is 0.273. The van der Waals surface area contributed by atoms with Crippen LogP contribution >= 0.6 is 0 Å². The molecular formula is C11H13FO5. The van der Waals surface area contributed by atoms with Gasteiger partial charge in [-0.3, -0.25) is 4.94 Å². The number of aromatic carboxylic acids is 1. The Bertz CT molecular complexity index is 403. The molecule has 6 heteroatoms. The van der Waals surface area contributed by atoms with Crippen LogP contribution in [0, 0.1) is 0 Å². The Kier molecular flexibility index (Phi) is 6.32. The van der Waals surface area contributed by atoms with Gasteiger partial charge in [0.15, 0.2) is 0 Å². The largest absolute Gasteiger partial charge is 0.507 e. The molecule has 2 N–H and O–H groups in total. The maximum Gasteiger partial charge on any atom is 0.353 e. The van der Waals surface area contributed by atoms with Crippen LogP contribution in [0.15, 0.2) is 18.2 Å². The third kappa shape index (κ3) is 4.50. The number of aromatic hydroxyl groups is 1. The second kappa shape index (κ2) is 7.21. The van der Waals surface area contributed by atoms with Gasteiger partial charge in [0, 0.05) is 4.53 Å². The smallest absolute Gasteiger partial charge is 0.353 e. The van der Waals surface area contributed by atoms with E-state index >= 15 is 0 Å². The van der Waals surface area contributed by atoms with Gasteiger partial charge in [-0.1, -0.05) is 19.9 Å². The van der Waals surface area contributed by atoms with E-state index in [1.54, 1.807) is 0 Å². The van der Waals surface area contributed by atoms with Gasteiger partial charge in [-0.05, 0) is 17.7 Å². The summed E-state index contributed by atoms with van der Waals surface area (Å²) in [7, 11) is 0. The van der Waals surface area contributed by atoms with Gasteiger partial charge < -0.3 is 10.2 Å². The zero-order valence-corrected chi connectivity index (χ0v) is 9.44. The van der Waals surface area contributed by atoms with Crippen LogP contribution in [0.25, 0.3) is 0 Å². The SMILES string of the molecule is CC.O=C(Cc1ccc(C(=O)O)c(O)c1)OF. The highest BCUT2D eigenvalue weighted by Crippen LogP contribution is 2.19. The summed E-state index contributed by atoms with van der Waals surface area (Å²) >= 11 is 0. The van der Waals surface area contributed by atoms with Crippen molar-refractivity contribution in [2.45, 2.75) is 20.3 Å². The molecule has 1 aromatic rings. The standard InChI is InChI=1S/C9H7FO5.C2H6/c10-15-8(12)4-5-1-2-6(9(13)14)7(11)3-5;1-2/h1-3,11H,4H2,(H,13,14);1-2H3. The van der Waals surface area contributed by atoms with Crippen molar-refractivity contribution >= 4 is 11.9 Å². The first-order valence-corrected chi connectivity index (χ1v) is 4.91. The molecule has 0 aliphatic rings. The highest BCUT2D eigenvalue weighted by atomic mass is 19.3. The predicted molar refractivity (Wildman–Crippen MR) is 57.3 cm³/mol. The van der Waals surface area contributed by atoms with Crippen LogP contribution in [0.2, 0.25) is 0 Å². The fourth-order valence-corrected chi connectivity index (χ4v) is 1.06. The topological polar surface area (TPSA) is 83.8 Å². The summed E-state index contributed by atoms with van der Waals surface area (Å²) in [6.07, 6.45) is -0.371. The van der Waals surface area contributed by atoms with E-state index in [1.165, 1.54) is 6.07 Å². The van der Waals surface area contributed by atoms with Gasteiger partial charge in [-0.15, -0.1) is 0 Å². The molecule has 0 unspecified atom stereocenters. The summed E-state index contributed by atoms with van der Waals surface area (Å²) < 4.78 is 11.4. The summed E-state index contributed by atoms with van der Waals surface area (Å²) in [5.74, 6) is -2.88. The van der Waals surface area contributed by atoms with Gasteiger partial charge in [0.25, 0.3) is 0 Å².